The molecule has 6 nitrogen and oxygen atoms in total. The van der Waals surface area contributed by atoms with Crippen molar-refractivity contribution in [2.45, 2.75) is 59.5 Å². The smallest absolute Gasteiger partial charge is 0.222 e. The highest BCUT2D eigenvalue weighted by Crippen LogP contribution is 2.15. The minimum Gasteiger partial charge on any atom is -0.464 e. The number of carbonyl (C=O) groups excluding carboxylic acids is 1. The first kappa shape index (κ1) is 22.8. The number of nitrogens with one attached hydrogen (secondary N) is 3. The standard InChI is InChI=1S/C17H30N4O2.HI/c1-7-18-16(19-11-10-15(22)21-17(4,5)6)20-13(3)14-9-8-12(2)23-14;/h8-9,13H,7,10-11H2,1-6H3,(H,21,22)(H2,18,19,20);1H. The molecule has 1 rings (SSSR count). The molecule has 0 fully saturated rings. The first-order valence-corrected chi connectivity index (χ1v) is 8.13. The molecule has 138 valence electrons. The van der Waals surface area contributed by atoms with Crippen molar-refractivity contribution in [3.63, 3.8) is 0 Å². The molecule has 0 saturated heterocycles. The fraction of sp³-hybridized carbons (Fsp3) is 0.647. The molecule has 7 heteroatoms. The van der Waals surface area contributed by atoms with Crippen molar-refractivity contribution >= 4 is 35.8 Å². The third-order valence-electron chi connectivity index (χ3n) is 3.01. The Morgan fingerprint density at radius 3 is 2.50 bits per heavy atom. The number of furan rings is 1. The van der Waals surface area contributed by atoms with Gasteiger partial charge in [-0.15, -0.1) is 24.0 Å². The second kappa shape index (κ2) is 10.6. The zero-order valence-corrected chi connectivity index (χ0v) is 17.9. The largest absolute Gasteiger partial charge is 0.464 e. The number of aryl methyl sites for hydroxylation is 1. The summed E-state index contributed by atoms with van der Waals surface area (Å²) in [5.41, 5.74) is -0.213. The molecule has 0 aromatic carbocycles. The van der Waals surface area contributed by atoms with E-state index in [0.717, 1.165) is 18.1 Å². The van der Waals surface area contributed by atoms with Crippen LogP contribution in [0.2, 0.25) is 0 Å². The molecule has 0 spiro atoms. The zero-order chi connectivity index (χ0) is 17.5. The molecule has 0 saturated carbocycles. The van der Waals surface area contributed by atoms with E-state index in [-0.39, 0.29) is 41.5 Å². The molecule has 24 heavy (non-hydrogen) atoms. The Bertz CT molecular complexity index is 535. The Hall–Kier alpha value is -1.25. The number of aliphatic imine (C=N–C) groups is 1. The molecule has 0 bridgehead atoms. The number of hydrogen-bond donors (Lipinski definition) is 3. The second-order valence-corrected chi connectivity index (χ2v) is 6.62. The molecule has 1 aromatic heterocycles. The van der Waals surface area contributed by atoms with Crippen LogP contribution in [-0.2, 0) is 4.79 Å². The van der Waals surface area contributed by atoms with Gasteiger partial charge in [0.25, 0.3) is 0 Å². The molecule has 3 N–H and O–H groups in total. The monoisotopic (exact) mass is 450 g/mol. The molecule has 0 aliphatic carbocycles. The van der Waals surface area contributed by atoms with Gasteiger partial charge in [-0.3, -0.25) is 9.79 Å². The highest BCUT2D eigenvalue weighted by atomic mass is 127. The van der Waals surface area contributed by atoms with E-state index in [1.165, 1.54) is 0 Å². The van der Waals surface area contributed by atoms with Gasteiger partial charge >= 0.3 is 0 Å². The van der Waals surface area contributed by atoms with Crippen molar-refractivity contribution in [3.05, 3.63) is 23.7 Å². The molecule has 1 atom stereocenters. The van der Waals surface area contributed by atoms with Gasteiger partial charge in [-0.25, -0.2) is 0 Å². The van der Waals surface area contributed by atoms with Gasteiger partial charge in [-0.1, -0.05) is 0 Å². The Morgan fingerprint density at radius 1 is 1.33 bits per heavy atom. The number of halogens is 1. The fourth-order valence-corrected chi connectivity index (χ4v) is 2.03. The maximum absolute atomic E-state index is 11.8. The van der Waals surface area contributed by atoms with E-state index in [9.17, 15) is 4.79 Å². The number of rotatable bonds is 6. The summed E-state index contributed by atoms with van der Waals surface area (Å²) in [5.74, 6) is 2.43. The van der Waals surface area contributed by atoms with E-state index >= 15 is 0 Å². The van der Waals surface area contributed by atoms with Crippen LogP contribution in [0, 0.1) is 6.92 Å². The van der Waals surface area contributed by atoms with Crippen LogP contribution >= 0.6 is 24.0 Å². The summed E-state index contributed by atoms with van der Waals surface area (Å²) in [7, 11) is 0. The molecule has 1 amide bonds. The molecule has 1 unspecified atom stereocenters. The Labute approximate surface area is 162 Å². The summed E-state index contributed by atoms with van der Waals surface area (Å²) in [6.07, 6.45) is 0.363. The number of carbonyl (C=O) groups is 1. The second-order valence-electron chi connectivity index (χ2n) is 6.62. The lowest BCUT2D eigenvalue weighted by Gasteiger charge is -2.20. The van der Waals surface area contributed by atoms with Crippen LogP contribution in [0.3, 0.4) is 0 Å². The molecular formula is C17H31IN4O2. The van der Waals surface area contributed by atoms with Crippen LogP contribution in [0.4, 0.5) is 0 Å². The number of nitrogens with zero attached hydrogens (tertiary/aromatic N) is 1. The number of guanidine groups is 1. The van der Waals surface area contributed by atoms with Gasteiger partial charge < -0.3 is 20.4 Å². The van der Waals surface area contributed by atoms with Crippen LogP contribution < -0.4 is 16.0 Å². The molecule has 0 radical (unpaired) electrons. The SMILES string of the molecule is CCNC(=NCCC(=O)NC(C)(C)C)NC(C)c1ccc(C)o1.I. The van der Waals surface area contributed by atoms with E-state index in [1.54, 1.807) is 0 Å². The topological polar surface area (TPSA) is 78.7 Å². The lowest BCUT2D eigenvalue weighted by atomic mass is 10.1. The average molecular weight is 450 g/mol. The molecule has 0 aliphatic rings. The fourth-order valence-electron chi connectivity index (χ4n) is 2.03. The van der Waals surface area contributed by atoms with Crippen molar-refractivity contribution in [3.8, 4) is 0 Å². The van der Waals surface area contributed by atoms with Crippen LogP contribution in [0.1, 0.15) is 58.6 Å². The van der Waals surface area contributed by atoms with Crippen LogP contribution in [-0.4, -0.2) is 30.5 Å². The van der Waals surface area contributed by atoms with E-state index in [4.69, 9.17) is 4.42 Å². The summed E-state index contributed by atoms with van der Waals surface area (Å²) in [6.45, 7) is 13.0. The summed E-state index contributed by atoms with van der Waals surface area (Å²) in [4.78, 5) is 16.3. The summed E-state index contributed by atoms with van der Waals surface area (Å²) in [5, 5.41) is 9.39. The van der Waals surface area contributed by atoms with Crippen LogP contribution in [0.5, 0.6) is 0 Å². The van der Waals surface area contributed by atoms with E-state index in [2.05, 4.69) is 20.9 Å². The Balaban J connectivity index is 0.00000529. The number of hydrogen-bond acceptors (Lipinski definition) is 3. The van der Waals surface area contributed by atoms with E-state index in [1.807, 2.05) is 53.7 Å². The minimum absolute atomic E-state index is 0. The summed E-state index contributed by atoms with van der Waals surface area (Å²) < 4.78 is 5.61. The lowest BCUT2D eigenvalue weighted by Crippen LogP contribution is -2.41. The molecule has 1 aromatic rings. The van der Waals surface area contributed by atoms with Gasteiger partial charge in [0.2, 0.25) is 5.91 Å². The maximum atomic E-state index is 11.8. The first-order valence-electron chi connectivity index (χ1n) is 8.13. The lowest BCUT2D eigenvalue weighted by molar-refractivity contribution is -0.122. The van der Waals surface area contributed by atoms with Crippen molar-refractivity contribution < 1.29 is 9.21 Å². The van der Waals surface area contributed by atoms with E-state index in [0.29, 0.717) is 18.9 Å². The van der Waals surface area contributed by atoms with Crippen LogP contribution in [0.15, 0.2) is 21.5 Å². The van der Waals surface area contributed by atoms with E-state index < -0.39 is 0 Å². The average Bonchev–Trinajstić information content (AvgIpc) is 2.83. The normalized spacial score (nSPS) is 13.0. The van der Waals surface area contributed by atoms with Crippen LogP contribution in [0.25, 0.3) is 0 Å². The van der Waals surface area contributed by atoms with Crippen molar-refractivity contribution in [2.24, 2.45) is 4.99 Å². The van der Waals surface area contributed by atoms with Crippen molar-refractivity contribution in [1.82, 2.24) is 16.0 Å². The maximum Gasteiger partial charge on any atom is 0.222 e. The molecule has 1 heterocycles. The first-order chi connectivity index (χ1) is 10.7. The van der Waals surface area contributed by atoms with Gasteiger partial charge in [-0.05, 0) is 53.7 Å². The summed E-state index contributed by atoms with van der Waals surface area (Å²) >= 11 is 0. The predicted molar refractivity (Wildman–Crippen MR) is 109 cm³/mol. The van der Waals surface area contributed by atoms with Gasteiger partial charge in [-0.2, -0.15) is 0 Å². The third-order valence-corrected chi connectivity index (χ3v) is 3.01. The molecular weight excluding hydrogens is 419 g/mol. The van der Waals surface area contributed by atoms with Gasteiger partial charge in [0.15, 0.2) is 5.96 Å². The van der Waals surface area contributed by atoms with Gasteiger partial charge in [0, 0.05) is 18.5 Å². The van der Waals surface area contributed by atoms with Gasteiger partial charge in [0.05, 0.1) is 12.6 Å². The highest BCUT2D eigenvalue weighted by molar-refractivity contribution is 14.0. The quantitative estimate of drug-likeness (QED) is 0.354. The highest BCUT2D eigenvalue weighted by Gasteiger charge is 2.14. The number of amides is 1. The van der Waals surface area contributed by atoms with Gasteiger partial charge in [0.1, 0.15) is 11.5 Å². The minimum atomic E-state index is -0.213. The Morgan fingerprint density at radius 2 is 2.00 bits per heavy atom. The summed E-state index contributed by atoms with van der Waals surface area (Å²) in [6, 6.07) is 3.90. The molecule has 0 aliphatic heterocycles. The zero-order valence-electron chi connectivity index (χ0n) is 15.5. The Kier molecular flexibility index (Phi) is 10.0. The van der Waals surface area contributed by atoms with Crippen molar-refractivity contribution in [1.29, 1.82) is 0 Å². The third kappa shape index (κ3) is 9.14. The predicted octanol–water partition coefficient (Wildman–Crippen LogP) is 3.13. The van der Waals surface area contributed by atoms with Crippen molar-refractivity contribution in [2.75, 3.05) is 13.1 Å².